The smallest absolute Gasteiger partial charge is 0.391 e. The molecule has 1 aromatic heterocycles. The largest absolute Gasteiger partial charge is 0.393 e. The van der Waals surface area contributed by atoms with E-state index in [0.717, 1.165) is 19.5 Å². The van der Waals surface area contributed by atoms with Crippen LogP contribution in [-0.4, -0.2) is 57.9 Å². The number of aromatic nitrogens is 2. The van der Waals surface area contributed by atoms with Crippen molar-refractivity contribution in [3.63, 3.8) is 0 Å². The van der Waals surface area contributed by atoms with Gasteiger partial charge in [0.15, 0.2) is 0 Å². The Hall–Kier alpha value is -2.39. The zero-order valence-corrected chi connectivity index (χ0v) is 17.5. The molecular weight excluding hydrogens is 409 g/mol. The second kappa shape index (κ2) is 8.63. The van der Waals surface area contributed by atoms with E-state index in [0.29, 0.717) is 18.1 Å². The molecule has 0 saturated carbocycles. The number of nitrogens with zero attached hydrogens (tertiary/aromatic N) is 3. The van der Waals surface area contributed by atoms with E-state index < -0.39 is 24.1 Å². The normalized spacial score (nSPS) is 20.1. The van der Waals surface area contributed by atoms with Crippen LogP contribution in [0.25, 0.3) is 0 Å². The summed E-state index contributed by atoms with van der Waals surface area (Å²) >= 11 is 0. The molecule has 2 atom stereocenters. The van der Waals surface area contributed by atoms with Gasteiger partial charge >= 0.3 is 6.18 Å². The van der Waals surface area contributed by atoms with Crippen molar-refractivity contribution in [2.75, 3.05) is 20.1 Å². The number of hydrogen-bond donors (Lipinski definition) is 2. The number of β-amino-alcohol motifs (C(OH)–C–C–N with tert-alkyl or cyclic N) is 1. The van der Waals surface area contributed by atoms with Gasteiger partial charge in [-0.05, 0) is 24.0 Å². The molecule has 0 saturated heterocycles. The van der Waals surface area contributed by atoms with Gasteiger partial charge in [0.1, 0.15) is 11.5 Å². The molecule has 0 fully saturated rings. The molecule has 168 valence electrons. The van der Waals surface area contributed by atoms with Gasteiger partial charge in [-0.3, -0.25) is 9.69 Å². The molecule has 1 unspecified atom stereocenters. The van der Waals surface area contributed by atoms with Gasteiger partial charge in [-0.2, -0.15) is 13.2 Å². The standard InChI is InChI=1S/C22H27F3N4O2/c1-26-21(31)20-18(29-12-16(22(23,24)25)6-7-19(29)27-20)10-17(30)13-28-9-8-14-4-2-3-5-15(14)11-28/h2-5,16-17,30H,6-13H2,1H3,(H,26,31)/t16?,17-/m1/s1. The van der Waals surface area contributed by atoms with E-state index in [9.17, 15) is 23.1 Å². The van der Waals surface area contributed by atoms with Crippen LogP contribution in [0.4, 0.5) is 13.2 Å². The van der Waals surface area contributed by atoms with Crippen molar-refractivity contribution in [2.45, 2.75) is 51.1 Å². The van der Waals surface area contributed by atoms with E-state index in [1.165, 1.54) is 22.7 Å². The lowest BCUT2D eigenvalue weighted by Crippen LogP contribution is -2.38. The molecule has 1 aromatic carbocycles. The van der Waals surface area contributed by atoms with Gasteiger partial charge in [0.25, 0.3) is 5.91 Å². The van der Waals surface area contributed by atoms with Crippen LogP contribution in [0.15, 0.2) is 24.3 Å². The van der Waals surface area contributed by atoms with Crippen molar-refractivity contribution in [1.82, 2.24) is 19.8 Å². The Balaban J connectivity index is 1.52. The molecule has 9 heteroatoms. The highest BCUT2D eigenvalue weighted by atomic mass is 19.4. The summed E-state index contributed by atoms with van der Waals surface area (Å²) in [7, 11) is 1.46. The summed E-state index contributed by atoms with van der Waals surface area (Å²) in [4.78, 5) is 18.8. The zero-order valence-electron chi connectivity index (χ0n) is 17.5. The molecule has 2 N–H and O–H groups in total. The van der Waals surface area contributed by atoms with E-state index >= 15 is 0 Å². The number of hydrogen-bond acceptors (Lipinski definition) is 4. The van der Waals surface area contributed by atoms with E-state index in [2.05, 4.69) is 27.3 Å². The quantitative estimate of drug-likeness (QED) is 0.755. The molecule has 3 heterocycles. The second-order valence-corrected chi connectivity index (χ2v) is 8.40. The second-order valence-electron chi connectivity index (χ2n) is 8.40. The number of alkyl halides is 3. The molecule has 31 heavy (non-hydrogen) atoms. The first-order valence-corrected chi connectivity index (χ1v) is 10.6. The monoisotopic (exact) mass is 436 g/mol. The van der Waals surface area contributed by atoms with E-state index in [4.69, 9.17) is 0 Å². The number of rotatable bonds is 5. The van der Waals surface area contributed by atoms with E-state index in [-0.39, 0.29) is 31.5 Å². The first-order chi connectivity index (χ1) is 14.8. The van der Waals surface area contributed by atoms with Crippen molar-refractivity contribution < 1.29 is 23.1 Å². The molecule has 2 aromatic rings. The third-order valence-corrected chi connectivity index (χ3v) is 6.28. The Kier molecular flexibility index (Phi) is 6.07. The minimum Gasteiger partial charge on any atom is -0.391 e. The molecule has 1 amide bonds. The summed E-state index contributed by atoms with van der Waals surface area (Å²) in [5, 5.41) is 13.3. The molecule has 2 aliphatic heterocycles. The van der Waals surface area contributed by atoms with Crippen LogP contribution in [0.5, 0.6) is 0 Å². The lowest BCUT2D eigenvalue weighted by molar-refractivity contribution is -0.182. The van der Waals surface area contributed by atoms with E-state index in [1.54, 1.807) is 0 Å². The number of benzene rings is 1. The number of halogens is 3. The topological polar surface area (TPSA) is 70.4 Å². The van der Waals surface area contributed by atoms with Crippen molar-refractivity contribution in [3.8, 4) is 0 Å². The summed E-state index contributed by atoms with van der Waals surface area (Å²) in [6, 6.07) is 8.18. The number of aryl methyl sites for hydroxylation is 1. The summed E-state index contributed by atoms with van der Waals surface area (Å²) in [5.74, 6) is -1.44. The number of aliphatic hydroxyl groups excluding tert-OH is 1. The minimum absolute atomic E-state index is 0.0388. The number of amides is 1. The molecule has 6 nitrogen and oxygen atoms in total. The molecule has 0 bridgehead atoms. The molecule has 2 aliphatic rings. The Labute approximate surface area is 179 Å². The number of imidazole rings is 1. The van der Waals surface area contributed by atoms with E-state index in [1.807, 2.05) is 12.1 Å². The maximum atomic E-state index is 13.3. The van der Waals surface area contributed by atoms with Gasteiger partial charge in [-0.25, -0.2) is 4.98 Å². The maximum absolute atomic E-state index is 13.3. The molecular formula is C22H27F3N4O2. The van der Waals surface area contributed by atoms with Crippen molar-refractivity contribution in [1.29, 1.82) is 0 Å². The van der Waals surface area contributed by atoms with Gasteiger partial charge in [0, 0.05) is 46.1 Å². The number of carbonyl (C=O) groups excluding carboxylic acids is 1. The van der Waals surface area contributed by atoms with Crippen LogP contribution in [0.1, 0.15) is 39.6 Å². The van der Waals surface area contributed by atoms with Gasteiger partial charge < -0.3 is 15.0 Å². The van der Waals surface area contributed by atoms with Gasteiger partial charge in [0.05, 0.1) is 17.7 Å². The van der Waals surface area contributed by atoms with Gasteiger partial charge in [-0.15, -0.1) is 0 Å². The number of nitrogens with one attached hydrogen (secondary N) is 1. The number of fused-ring (bicyclic) bond motifs is 2. The molecule has 0 spiro atoms. The predicted molar refractivity (Wildman–Crippen MR) is 109 cm³/mol. The first-order valence-electron chi connectivity index (χ1n) is 10.6. The van der Waals surface area contributed by atoms with Crippen LogP contribution >= 0.6 is 0 Å². The Morgan fingerprint density at radius 3 is 2.74 bits per heavy atom. The summed E-state index contributed by atoms with van der Waals surface area (Å²) in [6.45, 7) is 1.64. The van der Waals surface area contributed by atoms with Crippen LogP contribution in [0, 0.1) is 5.92 Å². The third-order valence-electron chi connectivity index (χ3n) is 6.28. The highest BCUT2D eigenvalue weighted by Gasteiger charge is 2.43. The fourth-order valence-electron chi connectivity index (χ4n) is 4.63. The molecule has 0 aliphatic carbocycles. The van der Waals surface area contributed by atoms with Crippen LogP contribution < -0.4 is 5.32 Å². The van der Waals surface area contributed by atoms with Crippen LogP contribution in [0.2, 0.25) is 0 Å². The lowest BCUT2D eigenvalue weighted by Gasteiger charge is -2.31. The van der Waals surface area contributed by atoms with Crippen molar-refractivity contribution in [3.05, 3.63) is 52.6 Å². The summed E-state index contributed by atoms with van der Waals surface area (Å²) in [5.41, 5.74) is 3.02. The minimum atomic E-state index is -4.30. The highest BCUT2D eigenvalue weighted by Crippen LogP contribution is 2.35. The predicted octanol–water partition coefficient (Wildman–Crippen LogP) is 2.33. The number of carbonyl (C=O) groups is 1. The molecule has 4 rings (SSSR count). The maximum Gasteiger partial charge on any atom is 0.393 e. The summed E-state index contributed by atoms with van der Waals surface area (Å²) < 4.78 is 41.5. The van der Waals surface area contributed by atoms with Crippen LogP contribution in [-0.2, 0) is 32.4 Å². The Morgan fingerprint density at radius 1 is 1.29 bits per heavy atom. The van der Waals surface area contributed by atoms with Crippen LogP contribution in [0.3, 0.4) is 0 Å². The van der Waals surface area contributed by atoms with Gasteiger partial charge in [0.2, 0.25) is 0 Å². The van der Waals surface area contributed by atoms with Crippen molar-refractivity contribution in [2.24, 2.45) is 5.92 Å². The Bertz CT molecular complexity index is 957. The fraction of sp³-hybridized carbons (Fsp3) is 0.545. The SMILES string of the molecule is CNC(=O)c1nc2n(c1C[C@@H](O)CN1CCc3ccccc3C1)CC(C(F)(F)F)CC2. The highest BCUT2D eigenvalue weighted by molar-refractivity contribution is 5.93. The number of aliphatic hydroxyl groups is 1. The average Bonchev–Trinajstić information content (AvgIpc) is 3.10. The fourth-order valence-corrected chi connectivity index (χ4v) is 4.63. The van der Waals surface area contributed by atoms with Crippen molar-refractivity contribution >= 4 is 5.91 Å². The molecule has 0 radical (unpaired) electrons. The lowest BCUT2D eigenvalue weighted by atomic mass is 9.98. The third kappa shape index (κ3) is 4.62. The summed E-state index contributed by atoms with van der Waals surface area (Å²) in [6.07, 6.45) is -4.02. The Morgan fingerprint density at radius 2 is 2.03 bits per heavy atom. The first kappa shape index (κ1) is 21.8. The average molecular weight is 436 g/mol. The van der Waals surface area contributed by atoms with Gasteiger partial charge in [-0.1, -0.05) is 24.3 Å². The zero-order chi connectivity index (χ0) is 22.2.